The van der Waals surface area contributed by atoms with Crippen LogP contribution >= 0.6 is 0 Å². The lowest BCUT2D eigenvalue weighted by molar-refractivity contribution is -0.122. The average Bonchev–Trinajstić information content (AvgIpc) is 2.77. The number of benzene rings is 3. The standard InChI is InChI=1S/C23H18FNO4/c24-18-11-5-4-10-17(18)23(27)29-15-22(26)25-19-12-6-7-13-21(19)28-14-20(25)16-8-2-1-3-9-16/h1-13,20H,14-15H2/t20-/m1/s1. The van der Waals surface area contributed by atoms with E-state index in [2.05, 4.69) is 0 Å². The normalized spacial score (nSPS) is 15.2. The molecular weight excluding hydrogens is 373 g/mol. The molecule has 0 spiro atoms. The lowest BCUT2D eigenvalue weighted by Crippen LogP contribution is -2.43. The van der Waals surface area contributed by atoms with Crippen molar-refractivity contribution in [1.29, 1.82) is 0 Å². The monoisotopic (exact) mass is 391 g/mol. The fourth-order valence-corrected chi connectivity index (χ4v) is 3.32. The molecule has 3 aromatic carbocycles. The van der Waals surface area contributed by atoms with E-state index < -0.39 is 24.3 Å². The molecule has 5 nitrogen and oxygen atoms in total. The smallest absolute Gasteiger partial charge is 0.341 e. The van der Waals surface area contributed by atoms with Crippen molar-refractivity contribution in [2.45, 2.75) is 6.04 Å². The number of nitrogens with zero attached hydrogens (tertiary/aromatic N) is 1. The van der Waals surface area contributed by atoms with E-state index in [0.717, 1.165) is 5.56 Å². The Balaban J connectivity index is 1.58. The van der Waals surface area contributed by atoms with Gasteiger partial charge in [0.2, 0.25) is 0 Å². The van der Waals surface area contributed by atoms with Gasteiger partial charge in [0.15, 0.2) is 6.61 Å². The van der Waals surface area contributed by atoms with Gasteiger partial charge in [0.25, 0.3) is 5.91 Å². The molecule has 0 saturated heterocycles. The highest BCUT2D eigenvalue weighted by molar-refractivity contribution is 5.99. The Hall–Kier alpha value is -3.67. The van der Waals surface area contributed by atoms with E-state index in [4.69, 9.17) is 9.47 Å². The van der Waals surface area contributed by atoms with E-state index in [-0.39, 0.29) is 18.2 Å². The maximum absolute atomic E-state index is 13.8. The van der Waals surface area contributed by atoms with Crippen LogP contribution in [-0.4, -0.2) is 25.1 Å². The zero-order valence-electron chi connectivity index (χ0n) is 15.5. The molecule has 0 fully saturated rings. The number of hydrogen-bond acceptors (Lipinski definition) is 4. The van der Waals surface area contributed by atoms with Crippen molar-refractivity contribution in [2.24, 2.45) is 0 Å². The maximum atomic E-state index is 13.8. The van der Waals surface area contributed by atoms with Gasteiger partial charge in [0.1, 0.15) is 18.2 Å². The second-order valence-corrected chi connectivity index (χ2v) is 6.52. The Morgan fingerprint density at radius 2 is 1.66 bits per heavy atom. The number of ether oxygens (including phenoxy) is 2. The number of carbonyl (C=O) groups excluding carboxylic acids is 2. The Kier molecular flexibility index (Phi) is 5.24. The van der Waals surface area contributed by atoms with Crippen LogP contribution in [-0.2, 0) is 9.53 Å². The second kappa shape index (κ2) is 8.14. The molecule has 0 aromatic heterocycles. The molecule has 1 amide bonds. The first-order chi connectivity index (χ1) is 14.1. The molecule has 1 aliphatic heterocycles. The lowest BCUT2D eigenvalue weighted by Gasteiger charge is -2.37. The number of hydrogen-bond donors (Lipinski definition) is 0. The molecular formula is C23H18FNO4. The number of amides is 1. The third-order valence-electron chi connectivity index (χ3n) is 4.71. The Morgan fingerprint density at radius 1 is 0.966 bits per heavy atom. The van der Waals surface area contributed by atoms with Crippen LogP contribution in [0.4, 0.5) is 10.1 Å². The number of esters is 1. The van der Waals surface area contributed by atoms with Crippen molar-refractivity contribution in [3.05, 3.63) is 95.8 Å². The van der Waals surface area contributed by atoms with Gasteiger partial charge in [-0.25, -0.2) is 9.18 Å². The minimum Gasteiger partial charge on any atom is -0.489 e. The third kappa shape index (κ3) is 3.82. The van der Waals surface area contributed by atoms with Crippen LogP contribution in [0.2, 0.25) is 0 Å². The summed E-state index contributed by atoms with van der Waals surface area (Å²) in [5.74, 6) is -1.41. The summed E-state index contributed by atoms with van der Waals surface area (Å²) in [6.07, 6.45) is 0. The van der Waals surface area contributed by atoms with E-state index in [1.807, 2.05) is 36.4 Å². The Labute approximate surface area is 167 Å². The van der Waals surface area contributed by atoms with E-state index in [1.165, 1.54) is 24.3 Å². The van der Waals surface area contributed by atoms with Crippen LogP contribution in [0.1, 0.15) is 22.0 Å². The minimum atomic E-state index is -0.880. The quantitative estimate of drug-likeness (QED) is 0.627. The number of fused-ring (bicyclic) bond motifs is 1. The van der Waals surface area contributed by atoms with Gasteiger partial charge >= 0.3 is 5.97 Å². The molecule has 29 heavy (non-hydrogen) atoms. The summed E-state index contributed by atoms with van der Waals surface area (Å²) in [7, 11) is 0. The summed E-state index contributed by atoms with van der Waals surface area (Å²) in [4.78, 5) is 26.8. The summed E-state index contributed by atoms with van der Waals surface area (Å²) in [5, 5.41) is 0. The van der Waals surface area contributed by atoms with Gasteiger partial charge < -0.3 is 9.47 Å². The van der Waals surface area contributed by atoms with Crippen molar-refractivity contribution in [3.63, 3.8) is 0 Å². The van der Waals surface area contributed by atoms with Gasteiger partial charge in [-0.15, -0.1) is 0 Å². The molecule has 3 aromatic rings. The fraction of sp³-hybridized carbons (Fsp3) is 0.130. The highest BCUT2D eigenvalue weighted by atomic mass is 19.1. The summed E-state index contributed by atoms with van der Waals surface area (Å²) in [6, 6.07) is 21.8. The Bertz CT molecular complexity index is 1040. The van der Waals surface area contributed by atoms with Crippen molar-refractivity contribution >= 4 is 17.6 Å². The van der Waals surface area contributed by atoms with E-state index in [9.17, 15) is 14.0 Å². The molecule has 1 heterocycles. The van der Waals surface area contributed by atoms with Gasteiger partial charge in [-0.1, -0.05) is 54.6 Å². The first-order valence-corrected chi connectivity index (χ1v) is 9.15. The number of anilines is 1. The molecule has 6 heteroatoms. The van der Waals surface area contributed by atoms with Crippen LogP contribution in [0.15, 0.2) is 78.9 Å². The predicted molar refractivity (Wildman–Crippen MR) is 105 cm³/mol. The largest absolute Gasteiger partial charge is 0.489 e. The molecule has 0 unspecified atom stereocenters. The number of rotatable bonds is 4. The SMILES string of the molecule is O=C(OCC(=O)N1c2ccccc2OC[C@@H]1c1ccccc1)c1ccccc1F. The molecule has 0 bridgehead atoms. The summed E-state index contributed by atoms with van der Waals surface area (Å²) in [5.41, 5.74) is 1.29. The molecule has 0 saturated carbocycles. The molecule has 0 aliphatic carbocycles. The van der Waals surface area contributed by atoms with Gasteiger partial charge in [0, 0.05) is 0 Å². The van der Waals surface area contributed by atoms with Gasteiger partial charge in [-0.3, -0.25) is 9.69 Å². The molecule has 146 valence electrons. The summed E-state index contributed by atoms with van der Waals surface area (Å²) in [6.45, 7) is -0.237. The number of halogens is 1. The van der Waals surface area contributed by atoms with Gasteiger partial charge in [-0.05, 0) is 29.8 Å². The van der Waals surface area contributed by atoms with Crippen molar-refractivity contribution in [1.82, 2.24) is 0 Å². The zero-order valence-corrected chi connectivity index (χ0v) is 15.5. The van der Waals surface area contributed by atoms with Crippen LogP contribution in [0, 0.1) is 5.82 Å². The second-order valence-electron chi connectivity index (χ2n) is 6.52. The molecule has 1 aliphatic rings. The molecule has 4 rings (SSSR count). The summed E-state index contributed by atoms with van der Waals surface area (Å²) < 4.78 is 24.7. The van der Waals surface area contributed by atoms with Crippen molar-refractivity contribution in [2.75, 3.05) is 18.1 Å². The van der Waals surface area contributed by atoms with Crippen molar-refractivity contribution in [3.8, 4) is 5.75 Å². The van der Waals surface area contributed by atoms with Crippen molar-refractivity contribution < 1.29 is 23.5 Å². The minimum absolute atomic E-state index is 0.206. The van der Waals surface area contributed by atoms with Crippen LogP contribution < -0.4 is 9.64 Å². The average molecular weight is 391 g/mol. The molecule has 1 atom stereocenters. The topological polar surface area (TPSA) is 55.8 Å². The first-order valence-electron chi connectivity index (χ1n) is 9.15. The lowest BCUT2D eigenvalue weighted by atomic mass is 10.0. The fourth-order valence-electron chi connectivity index (χ4n) is 3.32. The predicted octanol–water partition coefficient (Wildman–Crippen LogP) is 4.15. The van der Waals surface area contributed by atoms with Crippen LogP contribution in [0.3, 0.4) is 0 Å². The van der Waals surface area contributed by atoms with E-state index in [1.54, 1.807) is 23.1 Å². The van der Waals surface area contributed by atoms with E-state index in [0.29, 0.717) is 11.4 Å². The number of para-hydroxylation sites is 2. The van der Waals surface area contributed by atoms with Crippen LogP contribution in [0.5, 0.6) is 5.75 Å². The molecule has 0 radical (unpaired) electrons. The van der Waals surface area contributed by atoms with Crippen LogP contribution in [0.25, 0.3) is 0 Å². The number of carbonyl (C=O) groups is 2. The highest BCUT2D eigenvalue weighted by Crippen LogP contribution is 2.39. The van der Waals surface area contributed by atoms with Gasteiger partial charge in [0.05, 0.1) is 17.3 Å². The Morgan fingerprint density at radius 3 is 2.45 bits per heavy atom. The van der Waals surface area contributed by atoms with Gasteiger partial charge in [-0.2, -0.15) is 0 Å². The maximum Gasteiger partial charge on any atom is 0.341 e. The molecule has 0 N–H and O–H groups in total. The zero-order chi connectivity index (χ0) is 20.2. The third-order valence-corrected chi connectivity index (χ3v) is 4.71. The summed E-state index contributed by atoms with van der Waals surface area (Å²) >= 11 is 0. The first kappa shape index (κ1) is 18.7. The van der Waals surface area contributed by atoms with E-state index >= 15 is 0 Å². The highest BCUT2D eigenvalue weighted by Gasteiger charge is 2.33.